The minimum Gasteiger partial charge on any atom is -0.481 e. The Hall–Kier alpha value is -2.85. The number of hydrogen-bond donors (Lipinski definition) is 3. The quantitative estimate of drug-likeness (QED) is 0.393. The number of ether oxygens (including phenoxy) is 2. The third kappa shape index (κ3) is 3.96. The molecule has 9 heteroatoms. The summed E-state index contributed by atoms with van der Waals surface area (Å²) in [6, 6.07) is 11.2. The highest BCUT2D eigenvalue weighted by atomic mass is 16.6. The van der Waals surface area contributed by atoms with Crippen molar-refractivity contribution in [3.05, 3.63) is 69.8 Å². The Balaban J connectivity index is 1.87. The predicted octanol–water partition coefficient (Wildman–Crippen LogP) is 0.644. The molecule has 1 aliphatic rings. The molecule has 2 aromatic carbocycles. The Morgan fingerprint density at radius 2 is 1.78 bits per heavy atom. The van der Waals surface area contributed by atoms with Gasteiger partial charge in [-0.25, -0.2) is 0 Å². The number of carbonyl (C=O) groups excluding carboxylic acids is 1. The van der Waals surface area contributed by atoms with Gasteiger partial charge in [0.25, 0.3) is 5.69 Å². The van der Waals surface area contributed by atoms with Crippen LogP contribution in [0.5, 0.6) is 5.75 Å². The van der Waals surface area contributed by atoms with E-state index in [4.69, 9.17) is 9.47 Å². The van der Waals surface area contributed by atoms with Gasteiger partial charge in [0.05, 0.1) is 17.1 Å². The van der Waals surface area contributed by atoms with Crippen molar-refractivity contribution in [2.75, 3.05) is 6.61 Å². The summed E-state index contributed by atoms with van der Waals surface area (Å²) >= 11 is 0. The standard InChI is InChI=1S/C18H17NO8/c20-13-9-26-18(23)17(16(13)22)27-14-4-2-1-3-12(14)15(21)10-5-7-11(8-6-10)19(24)25/h1-8,13,16-18,20,22-23H,9H2/t13-,16+,17-,18-/m1/s1. The van der Waals surface area contributed by atoms with Crippen LogP contribution >= 0.6 is 0 Å². The molecular weight excluding hydrogens is 358 g/mol. The monoisotopic (exact) mass is 375 g/mol. The van der Waals surface area contributed by atoms with Crippen LogP contribution in [0.4, 0.5) is 5.69 Å². The third-order valence-corrected chi connectivity index (χ3v) is 4.18. The van der Waals surface area contributed by atoms with Crippen LogP contribution in [0.15, 0.2) is 48.5 Å². The summed E-state index contributed by atoms with van der Waals surface area (Å²) < 4.78 is 10.5. The number of aliphatic hydroxyl groups excluding tert-OH is 3. The van der Waals surface area contributed by atoms with Crippen molar-refractivity contribution in [3.63, 3.8) is 0 Å². The molecule has 3 rings (SSSR count). The minimum atomic E-state index is -1.48. The van der Waals surface area contributed by atoms with Gasteiger partial charge in [-0.1, -0.05) is 12.1 Å². The molecule has 2 aromatic rings. The molecule has 3 N–H and O–H groups in total. The topological polar surface area (TPSA) is 139 Å². The fourth-order valence-corrected chi connectivity index (χ4v) is 2.70. The molecule has 0 saturated carbocycles. The molecule has 1 fully saturated rings. The largest absolute Gasteiger partial charge is 0.481 e. The van der Waals surface area contributed by atoms with E-state index in [2.05, 4.69) is 0 Å². The van der Waals surface area contributed by atoms with Crippen LogP contribution in [0.3, 0.4) is 0 Å². The van der Waals surface area contributed by atoms with Crippen molar-refractivity contribution in [2.24, 2.45) is 0 Å². The summed E-state index contributed by atoms with van der Waals surface area (Å²) in [5.74, 6) is -0.386. The molecule has 1 heterocycles. The van der Waals surface area contributed by atoms with Crippen LogP contribution in [0, 0.1) is 10.1 Å². The molecule has 0 radical (unpaired) electrons. The second kappa shape index (κ2) is 7.80. The molecule has 1 aliphatic heterocycles. The van der Waals surface area contributed by atoms with Gasteiger partial charge in [0.15, 0.2) is 18.2 Å². The molecule has 0 aliphatic carbocycles. The number of hydrogen-bond acceptors (Lipinski definition) is 8. The van der Waals surface area contributed by atoms with Crippen LogP contribution in [-0.2, 0) is 4.74 Å². The average Bonchev–Trinajstić information content (AvgIpc) is 2.68. The maximum Gasteiger partial charge on any atom is 0.269 e. The van der Waals surface area contributed by atoms with E-state index in [-0.39, 0.29) is 29.2 Å². The summed E-state index contributed by atoms with van der Waals surface area (Å²) in [7, 11) is 0. The van der Waals surface area contributed by atoms with Crippen molar-refractivity contribution in [1.82, 2.24) is 0 Å². The van der Waals surface area contributed by atoms with Crippen molar-refractivity contribution in [2.45, 2.75) is 24.6 Å². The molecule has 0 bridgehead atoms. The third-order valence-electron chi connectivity index (χ3n) is 4.18. The lowest BCUT2D eigenvalue weighted by Crippen LogP contribution is -2.55. The smallest absolute Gasteiger partial charge is 0.269 e. The number of ketones is 1. The van der Waals surface area contributed by atoms with Gasteiger partial charge in [-0.2, -0.15) is 0 Å². The number of nitro benzene ring substituents is 1. The lowest BCUT2D eigenvalue weighted by Gasteiger charge is -2.35. The van der Waals surface area contributed by atoms with E-state index < -0.39 is 35.3 Å². The molecule has 0 amide bonds. The van der Waals surface area contributed by atoms with E-state index in [0.29, 0.717) is 0 Å². The lowest BCUT2D eigenvalue weighted by molar-refractivity contribution is -0.384. The van der Waals surface area contributed by atoms with E-state index in [1.807, 2.05) is 0 Å². The number of non-ortho nitro benzene ring substituents is 1. The van der Waals surface area contributed by atoms with E-state index in [9.17, 15) is 30.2 Å². The highest BCUT2D eigenvalue weighted by Gasteiger charge is 2.40. The first kappa shape index (κ1) is 18.9. The van der Waals surface area contributed by atoms with Gasteiger partial charge in [0, 0.05) is 17.7 Å². The summed E-state index contributed by atoms with van der Waals surface area (Å²) in [4.78, 5) is 22.9. The van der Waals surface area contributed by atoms with E-state index in [0.717, 1.165) is 0 Å². The van der Waals surface area contributed by atoms with Gasteiger partial charge in [0.1, 0.15) is 18.0 Å². The van der Waals surface area contributed by atoms with Crippen LogP contribution in [-0.4, -0.2) is 57.2 Å². The number of carbonyl (C=O) groups is 1. The van der Waals surface area contributed by atoms with Gasteiger partial charge < -0.3 is 24.8 Å². The van der Waals surface area contributed by atoms with E-state index >= 15 is 0 Å². The van der Waals surface area contributed by atoms with Crippen LogP contribution in [0.2, 0.25) is 0 Å². The first-order valence-corrected chi connectivity index (χ1v) is 8.09. The van der Waals surface area contributed by atoms with Crippen molar-refractivity contribution < 1.29 is 34.5 Å². The Morgan fingerprint density at radius 1 is 1.11 bits per heavy atom. The minimum absolute atomic E-state index is 0.0710. The number of nitro groups is 1. The molecule has 0 spiro atoms. The summed E-state index contributed by atoms with van der Waals surface area (Å²) in [6.45, 7) is -0.244. The lowest BCUT2D eigenvalue weighted by atomic mass is 10.0. The van der Waals surface area contributed by atoms with Gasteiger partial charge in [-0.05, 0) is 24.3 Å². The first-order chi connectivity index (χ1) is 12.9. The fourth-order valence-electron chi connectivity index (χ4n) is 2.70. The van der Waals surface area contributed by atoms with Crippen LogP contribution in [0.25, 0.3) is 0 Å². The van der Waals surface area contributed by atoms with E-state index in [1.165, 1.54) is 36.4 Å². The number of nitrogens with zero attached hydrogens (tertiary/aromatic N) is 1. The fraction of sp³-hybridized carbons (Fsp3) is 0.278. The van der Waals surface area contributed by atoms with Crippen molar-refractivity contribution in [1.29, 1.82) is 0 Å². The van der Waals surface area contributed by atoms with Crippen LogP contribution in [0.1, 0.15) is 15.9 Å². The maximum absolute atomic E-state index is 12.8. The molecule has 9 nitrogen and oxygen atoms in total. The second-order valence-electron chi connectivity index (χ2n) is 5.99. The van der Waals surface area contributed by atoms with E-state index in [1.54, 1.807) is 12.1 Å². The Morgan fingerprint density at radius 3 is 2.44 bits per heavy atom. The van der Waals surface area contributed by atoms with Crippen molar-refractivity contribution in [3.8, 4) is 5.75 Å². The molecular formula is C18H17NO8. The number of aliphatic hydroxyl groups is 3. The number of rotatable bonds is 5. The summed E-state index contributed by atoms with van der Waals surface area (Å²) in [5, 5.41) is 40.3. The summed E-state index contributed by atoms with van der Waals surface area (Å²) in [5.41, 5.74) is 0.194. The van der Waals surface area contributed by atoms with Gasteiger partial charge in [-0.3, -0.25) is 14.9 Å². The van der Waals surface area contributed by atoms with Gasteiger partial charge in [-0.15, -0.1) is 0 Å². The first-order valence-electron chi connectivity index (χ1n) is 8.09. The zero-order valence-electron chi connectivity index (χ0n) is 14.0. The Bertz CT molecular complexity index is 838. The highest BCUT2D eigenvalue weighted by molar-refractivity contribution is 6.10. The molecule has 0 unspecified atom stereocenters. The average molecular weight is 375 g/mol. The number of benzene rings is 2. The predicted molar refractivity (Wildman–Crippen MR) is 91.4 cm³/mol. The molecule has 142 valence electrons. The second-order valence-corrected chi connectivity index (χ2v) is 5.99. The zero-order chi connectivity index (χ0) is 19.6. The van der Waals surface area contributed by atoms with Gasteiger partial charge in [0.2, 0.25) is 0 Å². The van der Waals surface area contributed by atoms with Crippen molar-refractivity contribution >= 4 is 11.5 Å². The van der Waals surface area contributed by atoms with Gasteiger partial charge >= 0.3 is 0 Å². The molecule has 0 aromatic heterocycles. The molecule has 1 saturated heterocycles. The number of para-hydroxylation sites is 1. The SMILES string of the molecule is O=C(c1ccc([N+](=O)[O-])cc1)c1ccccc1O[C@@H]1[C@@H](O)[C@H](O)CO[C@H]1O. The Kier molecular flexibility index (Phi) is 5.47. The summed E-state index contributed by atoms with van der Waals surface area (Å²) in [6.07, 6.45) is -5.42. The van der Waals surface area contributed by atoms with Crippen LogP contribution < -0.4 is 4.74 Å². The normalized spacial score (nSPS) is 25.0. The molecule has 4 atom stereocenters. The molecule has 27 heavy (non-hydrogen) atoms. The zero-order valence-corrected chi connectivity index (χ0v) is 14.0. The Labute approximate surface area is 153 Å². The maximum atomic E-state index is 12.8. The highest BCUT2D eigenvalue weighted by Crippen LogP contribution is 2.27.